The molecule has 0 amide bonds. The Morgan fingerprint density at radius 3 is 2.85 bits per heavy atom. The van der Waals surface area contributed by atoms with Gasteiger partial charge < -0.3 is 4.84 Å². The highest BCUT2D eigenvalue weighted by molar-refractivity contribution is 9.10. The van der Waals surface area contributed by atoms with Gasteiger partial charge in [-0.2, -0.15) is 5.48 Å². The summed E-state index contributed by atoms with van der Waals surface area (Å²) in [5.41, 5.74) is 4.06. The van der Waals surface area contributed by atoms with E-state index >= 15 is 0 Å². The van der Waals surface area contributed by atoms with Crippen molar-refractivity contribution < 1.29 is 9.23 Å². The van der Waals surface area contributed by atoms with Gasteiger partial charge in [0.1, 0.15) is 5.82 Å². The molecule has 0 fully saturated rings. The second kappa shape index (κ2) is 4.69. The third kappa shape index (κ3) is 2.76. The standard InChI is InChI=1S/C9H11BrFNO/c1-6-3-9(11)7(4-8(6)10)5-12-13-2/h3-4,12H,5H2,1-2H3. The number of nitrogens with one attached hydrogen (secondary N) is 1. The Hall–Kier alpha value is -0.450. The lowest BCUT2D eigenvalue weighted by Gasteiger charge is -2.06. The summed E-state index contributed by atoms with van der Waals surface area (Å²) in [4.78, 5) is 4.64. The maximum Gasteiger partial charge on any atom is 0.128 e. The van der Waals surface area contributed by atoms with E-state index in [9.17, 15) is 4.39 Å². The van der Waals surface area contributed by atoms with E-state index in [0.29, 0.717) is 12.1 Å². The first-order valence-corrected chi connectivity index (χ1v) is 4.65. The zero-order chi connectivity index (χ0) is 9.84. The van der Waals surface area contributed by atoms with Crippen molar-refractivity contribution >= 4 is 15.9 Å². The van der Waals surface area contributed by atoms with E-state index in [4.69, 9.17) is 0 Å². The average Bonchev–Trinajstić information content (AvgIpc) is 2.09. The summed E-state index contributed by atoms with van der Waals surface area (Å²) < 4.78 is 14.1. The predicted octanol–water partition coefficient (Wildman–Crippen LogP) is 2.55. The van der Waals surface area contributed by atoms with Crippen molar-refractivity contribution in [2.45, 2.75) is 13.5 Å². The minimum atomic E-state index is -0.217. The van der Waals surface area contributed by atoms with Crippen molar-refractivity contribution in [1.29, 1.82) is 0 Å². The van der Waals surface area contributed by atoms with Gasteiger partial charge in [0.05, 0.1) is 7.11 Å². The molecular weight excluding hydrogens is 237 g/mol. The zero-order valence-electron chi connectivity index (χ0n) is 7.53. The van der Waals surface area contributed by atoms with Crippen LogP contribution in [0.25, 0.3) is 0 Å². The third-order valence-electron chi connectivity index (χ3n) is 1.73. The van der Waals surface area contributed by atoms with Gasteiger partial charge in [-0.1, -0.05) is 15.9 Å². The molecule has 0 heterocycles. The summed E-state index contributed by atoms with van der Waals surface area (Å²) in [5.74, 6) is -0.217. The summed E-state index contributed by atoms with van der Waals surface area (Å²) in [6, 6.07) is 3.24. The number of benzene rings is 1. The van der Waals surface area contributed by atoms with E-state index in [0.717, 1.165) is 10.0 Å². The summed E-state index contributed by atoms with van der Waals surface area (Å²) in [5, 5.41) is 0. The van der Waals surface area contributed by atoms with E-state index < -0.39 is 0 Å². The van der Waals surface area contributed by atoms with Gasteiger partial charge in [0, 0.05) is 16.6 Å². The Morgan fingerprint density at radius 2 is 2.23 bits per heavy atom. The van der Waals surface area contributed by atoms with E-state index in [2.05, 4.69) is 26.2 Å². The molecule has 0 saturated heterocycles. The molecule has 72 valence electrons. The Bertz CT molecular complexity index is 304. The molecule has 0 aromatic heterocycles. The fourth-order valence-electron chi connectivity index (χ4n) is 0.973. The second-order valence-corrected chi connectivity index (χ2v) is 3.57. The molecule has 2 nitrogen and oxygen atoms in total. The molecule has 0 aliphatic carbocycles. The van der Waals surface area contributed by atoms with Crippen molar-refractivity contribution in [2.24, 2.45) is 0 Å². The summed E-state index contributed by atoms with van der Waals surface area (Å²) >= 11 is 3.34. The Kier molecular flexibility index (Phi) is 3.84. The number of hydroxylamine groups is 1. The van der Waals surface area contributed by atoms with Gasteiger partial charge in [0.15, 0.2) is 0 Å². The highest BCUT2D eigenvalue weighted by Gasteiger charge is 2.04. The highest BCUT2D eigenvalue weighted by atomic mass is 79.9. The van der Waals surface area contributed by atoms with Crippen LogP contribution in [-0.2, 0) is 11.4 Å². The van der Waals surface area contributed by atoms with Gasteiger partial charge in [0.25, 0.3) is 0 Å². The van der Waals surface area contributed by atoms with Gasteiger partial charge >= 0.3 is 0 Å². The fourth-order valence-corrected chi connectivity index (χ4v) is 1.36. The molecule has 1 rings (SSSR count). The molecule has 0 unspecified atom stereocenters. The SMILES string of the molecule is CONCc1cc(Br)c(C)cc1F. The number of hydrogen-bond acceptors (Lipinski definition) is 2. The third-order valence-corrected chi connectivity index (χ3v) is 2.59. The van der Waals surface area contributed by atoms with Crippen LogP contribution in [0.5, 0.6) is 0 Å². The quantitative estimate of drug-likeness (QED) is 0.830. The van der Waals surface area contributed by atoms with Gasteiger partial charge in [-0.3, -0.25) is 0 Å². The molecule has 13 heavy (non-hydrogen) atoms. The molecule has 0 aliphatic rings. The Balaban J connectivity index is 2.88. The lowest BCUT2D eigenvalue weighted by atomic mass is 10.1. The van der Waals surface area contributed by atoms with Crippen molar-refractivity contribution in [2.75, 3.05) is 7.11 Å². The minimum Gasteiger partial charge on any atom is -0.305 e. The van der Waals surface area contributed by atoms with E-state index in [1.807, 2.05) is 6.92 Å². The molecule has 0 bridgehead atoms. The smallest absolute Gasteiger partial charge is 0.128 e. The van der Waals surface area contributed by atoms with Gasteiger partial charge in [0.2, 0.25) is 0 Å². The second-order valence-electron chi connectivity index (χ2n) is 2.72. The first kappa shape index (κ1) is 10.6. The fraction of sp³-hybridized carbons (Fsp3) is 0.333. The highest BCUT2D eigenvalue weighted by Crippen LogP contribution is 2.20. The predicted molar refractivity (Wildman–Crippen MR) is 52.7 cm³/mol. The normalized spacial score (nSPS) is 10.5. The van der Waals surface area contributed by atoms with Crippen molar-refractivity contribution in [1.82, 2.24) is 5.48 Å². The van der Waals surface area contributed by atoms with E-state index in [1.165, 1.54) is 13.2 Å². The van der Waals surface area contributed by atoms with Crippen molar-refractivity contribution in [3.05, 3.63) is 33.5 Å². The van der Waals surface area contributed by atoms with E-state index in [1.54, 1.807) is 6.07 Å². The van der Waals surface area contributed by atoms with Crippen LogP contribution in [0.3, 0.4) is 0 Å². The van der Waals surface area contributed by atoms with Crippen LogP contribution in [0.4, 0.5) is 4.39 Å². The lowest BCUT2D eigenvalue weighted by molar-refractivity contribution is 0.0859. The maximum atomic E-state index is 13.2. The van der Waals surface area contributed by atoms with Gasteiger partial charge in [-0.25, -0.2) is 4.39 Å². The molecule has 4 heteroatoms. The first-order valence-electron chi connectivity index (χ1n) is 3.85. The number of aryl methyl sites for hydroxylation is 1. The van der Waals surface area contributed by atoms with E-state index in [-0.39, 0.29) is 5.82 Å². The van der Waals surface area contributed by atoms with Crippen LogP contribution in [0.2, 0.25) is 0 Å². The maximum absolute atomic E-state index is 13.2. The van der Waals surface area contributed by atoms with Crippen LogP contribution in [0, 0.1) is 12.7 Å². The molecular formula is C9H11BrFNO. The van der Waals surface area contributed by atoms with Crippen molar-refractivity contribution in [3.63, 3.8) is 0 Å². The van der Waals surface area contributed by atoms with Crippen molar-refractivity contribution in [3.8, 4) is 0 Å². The monoisotopic (exact) mass is 247 g/mol. The van der Waals surface area contributed by atoms with Crippen LogP contribution in [0.15, 0.2) is 16.6 Å². The average molecular weight is 248 g/mol. The molecule has 0 radical (unpaired) electrons. The molecule has 0 saturated carbocycles. The Morgan fingerprint density at radius 1 is 1.54 bits per heavy atom. The van der Waals surface area contributed by atoms with Gasteiger partial charge in [-0.05, 0) is 24.6 Å². The molecule has 1 N–H and O–H groups in total. The topological polar surface area (TPSA) is 21.3 Å². The summed E-state index contributed by atoms with van der Waals surface area (Å²) in [7, 11) is 1.50. The molecule has 1 aromatic rings. The lowest BCUT2D eigenvalue weighted by Crippen LogP contribution is -2.12. The minimum absolute atomic E-state index is 0.217. The Labute approximate surface area is 85.2 Å². The molecule has 1 aromatic carbocycles. The number of hydrogen-bond donors (Lipinski definition) is 1. The van der Waals surface area contributed by atoms with Crippen LogP contribution < -0.4 is 5.48 Å². The van der Waals surface area contributed by atoms with Crippen LogP contribution in [0.1, 0.15) is 11.1 Å². The molecule has 0 aliphatic heterocycles. The van der Waals surface area contributed by atoms with Crippen LogP contribution in [-0.4, -0.2) is 7.11 Å². The summed E-state index contributed by atoms with van der Waals surface area (Å²) in [6.07, 6.45) is 0. The first-order chi connectivity index (χ1) is 6.15. The number of halogens is 2. The molecule has 0 spiro atoms. The number of rotatable bonds is 3. The van der Waals surface area contributed by atoms with Gasteiger partial charge in [-0.15, -0.1) is 0 Å². The zero-order valence-corrected chi connectivity index (χ0v) is 9.11. The van der Waals surface area contributed by atoms with Crippen LogP contribution >= 0.6 is 15.9 Å². The molecule has 0 atom stereocenters. The largest absolute Gasteiger partial charge is 0.305 e. The summed E-state index contributed by atoms with van der Waals surface area (Å²) in [6.45, 7) is 2.21.